The molecule has 136 valence electrons. The molecule has 0 unspecified atom stereocenters. The van der Waals surface area contributed by atoms with Crippen LogP contribution in [0.25, 0.3) is 16.8 Å². The molecule has 1 aromatic carbocycles. The zero-order chi connectivity index (χ0) is 17.3. The highest BCUT2D eigenvalue weighted by Gasteiger charge is 2.23. The van der Waals surface area contributed by atoms with Crippen LogP contribution in [0.3, 0.4) is 0 Å². The molecule has 25 heavy (non-hydrogen) atoms. The van der Waals surface area contributed by atoms with Gasteiger partial charge in [0.1, 0.15) is 0 Å². The highest BCUT2D eigenvalue weighted by molar-refractivity contribution is 5.93. The number of benzene rings is 1. The topological polar surface area (TPSA) is 51.8 Å². The van der Waals surface area contributed by atoms with E-state index in [1.807, 2.05) is 29.5 Å². The smallest absolute Gasteiger partial charge is 0.357 e. The van der Waals surface area contributed by atoms with E-state index >= 15 is 0 Å². The molecule has 2 heterocycles. The standard InChI is InChI=1S/C18H24N4O2.ClH/c1-5-20(6-2)11-12-21-14-9-7-8-10-15(14)22-16(17(23)24-4)13(3)19-18(21)22;/h7-10H,5-6,11-12H2,1-4H3;1H. The van der Waals surface area contributed by atoms with Crippen molar-refractivity contribution in [2.24, 2.45) is 0 Å². The first-order valence-corrected chi connectivity index (χ1v) is 8.39. The van der Waals surface area contributed by atoms with Gasteiger partial charge in [-0.2, -0.15) is 0 Å². The molecule has 3 rings (SSSR count). The van der Waals surface area contributed by atoms with Crippen molar-refractivity contribution < 1.29 is 9.53 Å². The SMILES string of the molecule is CCN(CC)CCn1c2ccccc2n2c(C(=O)OC)c(C)nc12.Cl. The molecule has 0 atom stereocenters. The first-order valence-electron chi connectivity index (χ1n) is 8.39. The molecule has 7 heteroatoms. The van der Waals surface area contributed by atoms with Gasteiger partial charge in [0, 0.05) is 13.1 Å². The van der Waals surface area contributed by atoms with Crippen molar-refractivity contribution in [2.75, 3.05) is 26.7 Å². The fourth-order valence-electron chi connectivity index (χ4n) is 3.25. The Morgan fingerprint density at radius 1 is 1.20 bits per heavy atom. The number of aryl methyl sites for hydroxylation is 1. The second kappa shape index (κ2) is 7.89. The van der Waals surface area contributed by atoms with Crippen LogP contribution in [0.4, 0.5) is 0 Å². The van der Waals surface area contributed by atoms with Crippen LogP contribution in [-0.4, -0.2) is 51.6 Å². The molecule has 0 saturated carbocycles. The number of methoxy groups -OCH3 is 1. The van der Waals surface area contributed by atoms with E-state index in [0.717, 1.165) is 43.0 Å². The number of rotatable bonds is 6. The molecule has 2 aromatic heterocycles. The zero-order valence-corrected chi connectivity index (χ0v) is 16.0. The lowest BCUT2D eigenvalue weighted by atomic mass is 10.3. The zero-order valence-electron chi connectivity index (χ0n) is 15.2. The molecule has 0 radical (unpaired) electrons. The molecule has 0 bridgehead atoms. The quantitative estimate of drug-likeness (QED) is 0.630. The van der Waals surface area contributed by atoms with Crippen LogP contribution in [0.15, 0.2) is 24.3 Å². The van der Waals surface area contributed by atoms with Crippen LogP contribution >= 0.6 is 12.4 Å². The minimum absolute atomic E-state index is 0. The fourth-order valence-corrected chi connectivity index (χ4v) is 3.25. The minimum atomic E-state index is -0.355. The fraction of sp³-hybridized carbons (Fsp3) is 0.444. The number of hydrogen-bond donors (Lipinski definition) is 0. The second-order valence-corrected chi connectivity index (χ2v) is 5.84. The van der Waals surface area contributed by atoms with Gasteiger partial charge in [0.2, 0.25) is 5.78 Å². The van der Waals surface area contributed by atoms with Crippen LogP contribution in [0.2, 0.25) is 0 Å². The number of para-hydroxylation sites is 2. The number of carbonyl (C=O) groups excluding carboxylic acids is 1. The number of aromatic nitrogens is 3. The summed E-state index contributed by atoms with van der Waals surface area (Å²) in [5, 5.41) is 0. The maximum atomic E-state index is 12.2. The van der Waals surface area contributed by atoms with Crippen LogP contribution in [0.1, 0.15) is 30.0 Å². The minimum Gasteiger partial charge on any atom is -0.464 e. The highest BCUT2D eigenvalue weighted by atomic mass is 35.5. The highest BCUT2D eigenvalue weighted by Crippen LogP contribution is 2.24. The molecule has 0 aliphatic heterocycles. The molecular formula is C18H25ClN4O2. The molecule has 0 aliphatic rings. The summed E-state index contributed by atoms with van der Waals surface area (Å²) in [6.45, 7) is 10.0. The Balaban J connectivity index is 0.00000225. The number of esters is 1. The molecule has 6 nitrogen and oxygen atoms in total. The molecule has 0 aliphatic carbocycles. The van der Waals surface area contributed by atoms with Gasteiger partial charge in [0.05, 0.1) is 23.8 Å². The van der Waals surface area contributed by atoms with Crippen molar-refractivity contribution in [2.45, 2.75) is 27.3 Å². The number of likely N-dealkylation sites (N-methyl/N-ethyl adjacent to an activating group) is 1. The lowest BCUT2D eigenvalue weighted by Crippen LogP contribution is -2.27. The summed E-state index contributed by atoms with van der Waals surface area (Å²) in [6.07, 6.45) is 0. The maximum absolute atomic E-state index is 12.2. The first-order chi connectivity index (χ1) is 11.6. The molecular weight excluding hydrogens is 340 g/mol. The Hall–Kier alpha value is -2.05. The van der Waals surface area contributed by atoms with Gasteiger partial charge in [-0.15, -0.1) is 12.4 Å². The molecule has 3 aromatic rings. The molecule has 0 fully saturated rings. The van der Waals surface area contributed by atoms with Crippen LogP contribution < -0.4 is 0 Å². The summed E-state index contributed by atoms with van der Waals surface area (Å²) in [5.41, 5.74) is 3.26. The van der Waals surface area contributed by atoms with Crippen molar-refractivity contribution >= 4 is 35.2 Å². The van der Waals surface area contributed by atoms with Gasteiger partial charge >= 0.3 is 5.97 Å². The average Bonchev–Trinajstić information content (AvgIpc) is 3.09. The van der Waals surface area contributed by atoms with Crippen LogP contribution in [-0.2, 0) is 11.3 Å². The van der Waals surface area contributed by atoms with Gasteiger partial charge in [0.25, 0.3) is 0 Å². The number of hydrogen-bond acceptors (Lipinski definition) is 4. The van der Waals surface area contributed by atoms with Crippen molar-refractivity contribution in [1.82, 2.24) is 18.9 Å². The van der Waals surface area contributed by atoms with E-state index in [1.54, 1.807) is 0 Å². The van der Waals surface area contributed by atoms with E-state index < -0.39 is 0 Å². The maximum Gasteiger partial charge on any atom is 0.357 e. The number of fused-ring (bicyclic) bond motifs is 3. The average molecular weight is 365 g/mol. The lowest BCUT2D eigenvalue weighted by molar-refractivity contribution is 0.0592. The predicted octanol–water partition coefficient (Wildman–Crippen LogP) is 3.15. The Morgan fingerprint density at radius 3 is 2.44 bits per heavy atom. The summed E-state index contributed by atoms with van der Waals surface area (Å²) in [5.74, 6) is 0.438. The summed E-state index contributed by atoms with van der Waals surface area (Å²) in [4.78, 5) is 19.3. The summed E-state index contributed by atoms with van der Waals surface area (Å²) in [7, 11) is 1.40. The summed E-state index contributed by atoms with van der Waals surface area (Å²) in [6, 6.07) is 8.08. The van der Waals surface area contributed by atoms with E-state index in [4.69, 9.17) is 4.74 Å². The van der Waals surface area contributed by atoms with E-state index in [2.05, 4.69) is 34.4 Å². The molecule has 0 saturated heterocycles. The number of carbonyl (C=O) groups is 1. The predicted molar refractivity (Wildman–Crippen MR) is 102 cm³/mol. The summed E-state index contributed by atoms with van der Waals surface area (Å²) >= 11 is 0. The van der Waals surface area contributed by atoms with E-state index in [1.165, 1.54) is 7.11 Å². The van der Waals surface area contributed by atoms with Crippen LogP contribution in [0, 0.1) is 6.92 Å². The van der Waals surface area contributed by atoms with Gasteiger partial charge < -0.3 is 14.2 Å². The Morgan fingerprint density at radius 2 is 1.84 bits per heavy atom. The first kappa shape index (κ1) is 19.3. The molecule has 0 amide bonds. The monoisotopic (exact) mass is 364 g/mol. The summed E-state index contributed by atoms with van der Waals surface area (Å²) < 4.78 is 9.06. The van der Waals surface area contributed by atoms with E-state index in [-0.39, 0.29) is 18.4 Å². The number of nitrogens with zero attached hydrogens (tertiary/aromatic N) is 4. The Bertz CT molecular complexity index is 880. The third-order valence-corrected chi connectivity index (χ3v) is 4.60. The van der Waals surface area contributed by atoms with Gasteiger partial charge in [0.15, 0.2) is 5.69 Å². The number of halogens is 1. The van der Waals surface area contributed by atoms with Crippen molar-refractivity contribution in [1.29, 1.82) is 0 Å². The third kappa shape index (κ3) is 3.24. The normalized spacial score (nSPS) is 11.2. The van der Waals surface area contributed by atoms with Crippen LogP contribution in [0.5, 0.6) is 0 Å². The van der Waals surface area contributed by atoms with Gasteiger partial charge in [-0.05, 0) is 32.1 Å². The Kier molecular flexibility index (Phi) is 6.08. The lowest BCUT2D eigenvalue weighted by Gasteiger charge is -2.18. The second-order valence-electron chi connectivity index (χ2n) is 5.84. The van der Waals surface area contributed by atoms with Gasteiger partial charge in [-0.1, -0.05) is 26.0 Å². The van der Waals surface area contributed by atoms with Gasteiger partial charge in [-0.25, -0.2) is 9.78 Å². The largest absolute Gasteiger partial charge is 0.464 e. The number of ether oxygens (including phenoxy) is 1. The van der Waals surface area contributed by atoms with Crippen molar-refractivity contribution in [3.63, 3.8) is 0 Å². The van der Waals surface area contributed by atoms with E-state index in [0.29, 0.717) is 11.4 Å². The molecule has 0 spiro atoms. The van der Waals surface area contributed by atoms with E-state index in [9.17, 15) is 4.79 Å². The Labute approximate surface area is 153 Å². The van der Waals surface area contributed by atoms with Gasteiger partial charge in [-0.3, -0.25) is 4.40 Å². The number of imidazole rings is 2. The van der Waals surface area contributed by atoms with Crippen molar-refractivity contribution in [3.8, 4) is 0 Å². The van der Waals surface area contributed by atoms with Crippen molar-refractivity contribution in [3.05, 3.63) is 35.7 Å². The third-order valence-electron chi connectivity index (χ3n) is 4.60. The molecule has 0 N–H and O–H groups in total.